The Kier molecular flexibility index (Phi) is 7.48. The van der Waals surface area contributed by atoms with Crippen molar-refractivity contribution < 1.29 is 37.1 Å². The molecular weight excluding hydrogens is 470 g/mol. The van der Waals surface area contributed by atoms with Crippen LogP contribution in [-0.4, -0.2) is 34.1 Å². The molecule has 4 rings (SSSR count). The molecule has 1 saturated carbocycles. The van der Waals surface area contributed by atoms with Crippen LogP contribution in [0.2, 0.25) is 0 Å². The summed E-state index contributed by atoms with van der Waals surface area (Å²) in [5, 5.41) is 9.93. The minimum Gasteiger partial charge on any atom is -0.475 e. The third kappa shape index (κ3) is 6.62. The van der Waals surface area contributed by atoms with Crippen molar-refractivity contribution in [3.8, 4) is 11.3 Å². The number of aliphatic carboxylic acids is 1. The molecule has 1 fully saturated rings. The zero-order valence-corrected chi connectivity index (χ0v) is 17.9. The summed E-state index contributed by atoms with van der Waals surface area (Å²) in [7, 11) is 0. The number of hydrogen-bond donors (Lipinski definition) is 3. The van der Waals surface area contributed by atoms with Gasteiger partial charge < -0.3 is 16.2 Å². The van der Waals surface area contributed by atoms with Crippen molar-refractivity contribution >= 4 is 23.5 Å². The highest BCUT2D eigenvalue weighted by atomic mass is 19.4. The minimum atomic E-state index is -5.08. The van der Waals surface area contributed by atoms with Crippen molar-refractivity contribution in [3.63, 3.8) is 0 Å². The molecule has 11 heteroatoms. The van der Waals surface area contributed by atoms with Gasteiger partial charge in [0.25, 0.3) is 5.91 Å². The maximum atomic E-state index is 13.0. The second-order valence-electron chi connectivity index (χ2n) is 7.63. The average Bonchev–Trinajstić information content (AvgIpc) is 3.61. The molecule has 35 heavy (non-hydrogen) atoms. The summed E-state index contributed by atoms with van der Waals surface area (Å²) in [5.74, 6) is -3.84. The molecule has 0 aliphatic heterocycles. The molecule has 182 valence electrons. The first-order valence-corrected chi connectivity index (χ1v) is 10.2. The molecule has 4 N–H and O–H groups in total. The number of alkyl halides is 3. The Hall–Kier alpha value is -4.28. The molecule has 0 bridgehead atoms. The van der Waals surface area contributed by atoms with Crippen LogP contribution in [0.25, 0.3) is 11.3 Å². The molecule has 1 aliphatic carbocycles. The van der Waals surface area contributed by atoms with Crippen LogP contribution >= 0.6 is 0 Å². The number of nitrogens with one attached hydrogen (secondary N) is 1. The Morgan fingerprint density at radius 2 is 1.63 bits per heavy atom. The van der Waals surface area contributed by atoms with E-state index in [4.69, 9.17) is 15.6 Å². The molecule has 0 radical (unpaired) electrons. The zero-order valence-electron chi connectivity index (χ0n) is 17.9. The standard InChI is InChI=1S/C22H18FN3O2.C2HF3O2/c23-15-8-5-13(6-9-15)19-10-7-14(12-25-19)17-11-18(17)22(28)26-20-4-2-1-3-16(20)21(24)27;3-2(4,5)1(6)7/h1-10,12,17-18H,11H2,(H2,24,27)(H,26,28);(H,6,7). The highest BCUT2D eigenvalue weighted by Gasteiger charge is 2.44. The summed E-state index contributed by atoms with van der Waals surface area (Å²) in [6.45, 7) is 0. The molecular formula is C24H19F4N3O4. The van der Waals surface area contributed by atoms with Gasteiger partial charge in [-0.2, -0.15) is 13.2 Å². The first kappa shape index (κ1) is 25.3. The zero-order chi connectivity index (χ0) is 25.8. The number of carboxylic acid groups (broad SMARTS) is 1. The number of halogens is 4. The maximum Gasteiger partial charge on any atom is 0.490 e. The summed E-state index contributed by atoms with van der Waals surface area (Å²) < 4.78 is 44.8. The maximum absolute atomic E-state index is 13.0. The molecule has 0 spiro atoms. The summed E-state index contributed by atoms with van der Waals surface area (Å²) in [4.78, 5) is 37.4. The van der Waals surface area contributed by atoms with Crippen LogP contribution in [0.3, 0.4) is 0 Å². The average molecular weight is 489 g/mol. The molecule has 2 atom stereocenters. The quantitative estimate of drug-likeness (QED) is 0.460. The van der Waals surface area contributed by atoms with E-state index < -0.39 is 18.1 Å². The number of hydrogen-bond acceptors (Lipinski definition) is 4. The number of carboxylic acids is 1. The molecule has 2 amide bonds. The highest BCUT2D eigenvalue weighted by molar-refractivity contribution is 6.04. The fourth-order valence-corrected chi connectivity index (χ4v) is 3.30. The highest BCUT2D eigenvalue weighted by Crippen LogP contribution is 2.48. The second-order valence-corrected chi connectivity index (χ2v) is 7.63. The monoisotopic (exact) mass is 489 g/mol. The summed E-state index contributed by atoms with van der Waals surface area (Å²) in [6.07, 6.45) is -2.60. The summed E-state index contributed by atoms with van der Waals surface area (Å²) in [6, 6.07) is 16.7. The number of carbonyl (C=O) groups is 3. The number of benzene rings is 2. The van der Waals surface area contributed by atoms with Gasteiger partial charge in [-0.05, 0) is 60.4 Å². The van der Waals surface area contributed by atoms with Gasteiger partial charge in [-0.15, -0.1) is 0 Å². The van der Waals surface area contributed by atoms with Gasteiger partial charge in [0.05, 0.1) is 16.9 Å². The van der Waals surface area contributed by atoms with E-state index in [0.29, 0.717) is 11.3 Å². The van der Waals surface area contributed by atoms with Crippen molar-refractivity contribution in [1.29, 1.82) is 0 Å². The lowest BCUT2D eigenvalue weighted by atomic mass is 10.1. The minimum absolute atomic E-state index is 0.0931. The van der Waals surface area contributed by atoms with Crippen molar-refractivity contribution in [3.05, 3.63) is 83.8 Å². The van der Waals surface area contributed by atoms with E-state index in [1.165, 1.54) is 12.1 Å². The number of carbonyl (C=O) groups excluding carboxylic acids is 2. The van der Waals surface area contributed by atoms with Gasteiger partial charge in [0.15, 0.2) is 0 Å². The van der Waals surface area contributed by atoms with E-state index in [-0.39, 0.29) is 23.6 Å². The fraction of sp³-hybridized carbons (Fsp3) is 0.167. The van der Waals surface area contributed by atoms with Crippen molar-refractivity contribution in [2.45, 2.75) is 18.5 Å². The number of nitrogens with two attached hydrogens (primary N) is 1. The molecule has 2 unspecified atom stereocenters. The van der Waals surface area contributed by atoms with Crippen molar-refractivity contribution in [1.82, 2.24) is 4.98 Å². The van der Waals surface area contributed by atoms with Crippen molar-refractivity contribution in [2.24, 2.45) is 11.7 Å². The number of para-hydroxylation sites is 1. The van der Waals surface area contributed by atoms with Crippen LogP contribution < -0.4 is 11.1 Å². The Balaban J connectivity index is 0.000000429. The van der Waals surface area contributed by atoms with Gasteiger partial charge in [-0.25, -0.2) is 9.18 Å². The molecule has 2 aromatic carbocycles. The van der Waals surface area contributed by atoms with Crippen LogP contribution in [0.4, 0.5) is 23.2 Å². The van der Waals surface area contributed by atoms with E-state index in [1.807, 2.05) is 12.1 Å². The van der Waals surface area contributed by atoms with Gasteiger partial charge in [-0.3, -0.25) is 14.6 Å². The molecule has 7 nitrogen and oxygen atoms in total. The molecule has 3 aromatic rings. The Morgan fingerprint density at radius 1 is 1.00 bits per heavy atom. The lowest BCUT2D eigenvalue weighted by molar-refractivity contribution is -0.192. The topological polar surface area (TPSA) is 122 Å². The van der Waals surface area contributed by atoms with Crippen LogP contribution in [0.1, 0.15) is 28.3 Å². The second kappa shape index (κ2) is 10.3. The number of nitrogens with zero attached hydrogens (tertiary/aromatic N) is 1. The Morgan fingerprint density at radius 3 is 2.17 bits per heavy atom. The largest absolute Gasteiger partial charge is 0.490 e. The molecule has 1 aromatic heterocycles. The number of anilines is 1. The van der Waals surface area contributed by atoms with Crippen LogP contribution in [0.15, 0.2) is 66.9 Å². The summed E-state index contributed by atoms with van der Waals surface area (Å²) in [5.41, 5.74) is 8.63. The normalized spacial score (nSPS) is 16.5. The van der Waals surface area contributed by atoms with Crippen molar-refractivity contribution in [2.75, 3.05) is 5.32 Å². The predicted octanol–water partition coefficient (Wildman–Crippen LogP) is 4.36. The van der Waals surface area contributed by atoms with Gasteiger partial charge in [-0.1, -0.05) is 18.2 Å². The number of pyridine rings is 1. The molecule has 1 heterocycles. The van der Waals surface area contributed by atoms with Gasteiger partial charge in [0, 0.05) is 17.7 Å². The first-order valence-electron chi connectivity index (χ1n) is 10.2. The Bertz CT molecular complexity index is 1230. The van der Waals surface area contributed by atoms with E-state index in [1.54, 1.807) is 42.6 Å². The van der Waals surface area contributed by atoms with E-state index in [2.05, 4.69) is 10.3 Å². The van der Waals surface area contributed by atoms with Crippen LogP contribution in [-0.2, 0) is 9.59 Å². The van der Waals surface area contributed by atoms with E-state index in [0.717, 1.165) is 23.2 Å². The smallest absolute Gasteiger partial charge is 0.475 e. The number of aromatic nitrogens is 1. The Labute approximate surface area is 196 Å². The number of primary amides is 1. The van der Waals surface area contributed by atoms with Gasteiger partial charge in [0.1, 0.15) is 5.82 Å². The van der Waals surface area contributed by atoms with Gasteiger partial charge >= 0.3 is 12.1 Å². The van der Waals surface area contributed by atoms with Gasteiger partial charge in [0.2, 0.25) is 5.91 Å². The molecule has 0 saturated heterocycles. The van der Waals surface area contributed by atoms with E-state index in [9.17, 15) is 27.2 Å². The lowest BCUT2D eigenvalue weighted by Gasteiger charge is -2.09. The predicted molar refractivity (Wildman–Crippen MR) is 118 cm³/mol. The van der Waals surface area contributed by atoms with Crippen LogP contribution in [0, 0.1) is 11.7 Å². The number of rotatable bonds is 5. The van der Waals surface area contributed by atoms with Crippen LogP contribution in [0.5, 0.6) is 0 Å². The van der Waals surface area contributed by atoms with E-state index >= 15 is 0 Å². The summed E-state index contributed by atoms with van der Waals surface area (Å²) >= 11 is 0. The fourth-order valence-electron chi connectivity index (χ4n) is 3.30. The first-order chi connectivity index (χ1) is 16.5. The third-order valence-electron chi connectivity index (χ3n) is 5.17. The third-order valence-corrected chi connectivity index (χ3v) is 5.17. The lowest BCUT2D eigenvalue weighted by Crippen LogP contribution is -2.21. The SMILES string of the molecule is NC(=O)c1ccccc1NC(=O)C1CC1c1ccc(-c2ccc(F)cc2)nc1.O=C(O)C(F)(F)F. The number of amides is 2. The molecule has 1 aliphatic rings.